The van der Waals surface area contributed by atoms with Gasteiger partial charge in [0.1, 0.15) is 0 Å². The Bertz CT molecular complexity index is 854. The minimum absolute atomic E-state index is 0.0499. The SMILES string of the molecule is CSc1ccc(C(=O)Nc2ccc(CN3CCCCC3C)cc2)cc1[N+](=O)[O-]. The van der Waals surface area contributed by atoms with Crippen LogP contribution in [0, 0.1) is 10.1 Å². The van der Waals surface area contributed by atoms with Crippen molar-refractivity contribution in [3.8, 4) is 0 Å². The average Bonchev–Trinajstić information content (AvgIpc) is 2.70. The maximum Gasteiger partial charge on any atom is 0.283 e. The summed E-state index contributed by atoms with van der Waals surface area (Å²) in [5, 5.41) is 14.0. The van der Waals surface area contributed by atoms with Crippen molar-refractivity contribution in [1.82, 2.24) is 4.90 Å². The maximum atomic E-state index is 12.5. The maximum absolute atomic E-state index is 12.5. The van der Waals surface area contributed by atoms with Crippen molar-refractivity contribution >= 4 is 29.0 Å². The predicted molar refractivity (Wildman–Crippen MR) is 113 cm³/mol. The normalized spacial score (nSPS) is 17.3. The van der Waals surface area contributed by atoms with Gasteiger partial charge in [-0.2, -0.15) is 0 Å². The Morgan fingerprint density at radius 1 is 1.25 bits per heavy atom. The fraction of sp³-hybridized carbons (Fsp3) is 0.381. The standard InChI is InChI=1S/C21H25N3O3S/c1-15-5-3-4-12-23(15)14-16-6-9-18(10-7-16)22-21(25)17-8-11-20(28-2)19(13-17)24(26)27/h6-11,13,15H,3-5,12,14H2,1-2H3,(H,22,25). The van der Waals surface area contributed by atoms with Crippen LogP contribution in [0.3, 0.4) is 0 Å². The molecule has 0 saturated carbocycles. The molecule has 0 radical (unpaired) electrons. The zero-order chi connectivity index (χ0) is 20.1. The molecule has 0 spiro atoms. The van der Waals surface area contributed by atoms with Gasteiger partial charge < -0.3 is 5.32 Å². The number of hydrogen-bond donors (Lipinski definition) is 1. The molecule has 1 amide bonds. The van der Waals surface area contributed by atoms with E-state index in [1.54, 1.807) is 18.4 Å². The van der Waals surface area contributed by atoms with E-state index in [2.05, 4.69) is 17.1 Å². The van der Waals surface area contributed by atoms with E-state index in [0.29, 0.717) is 16.6 Å². The molecule has 28 heavy (non-hydrogen) atoms. The molecule has 0 bridgehead atoms. The molecule has 3 rings (SSSR count). The number of hydrogen-bond acceptors (Lipinski definition) is 5. The monoisotopic (exact) mass is 399 g/mol. The van der Waals surface area contributed by atoms with Crippen molar-refractivity contribution in [2.24, 2.45) is 0 Å². The van der Waals surface area contributed by atoms with Crippen molar-refractivity contribution < 1.29 is 9.72 Å². The lowest BCUT2D eigenvalue weighted by molar-refractivity contribution is -0.387. The molecule has 7 heteroatoms. The molecular weight excluding hydrogens is 374 g/mol. The number of likely N-dealkylation sites (tertiary alicyclic amines) is 1. The van der Waals surface area contributed by atoms with Crippen LogP contribution in [0.25, 0.3) is 0 Å². The number of anilines is 1. The van der Waals surface area contributed by atoms with Gasteiger partial charge in [0.15, 0.2) is 0 Å². The molecular formula is C21H25N3O3S. The highest BCUT2D eigenvalue weighted by atomic mass is 32.2. The zero-order valence-electron chi connectivity index (χ0n) is 16.2. The third-order valence-electron chi connectivity index (χ3n) is 5.18. The molecule has 1 aliphatic heterocycles. The highest BCUT2D eigenvalue weighted by Crippen LogP contribution is 2.28. The molecule has 1 fully saturated rings. The number of nitro groups is 1. The lowest BCUT2D eigenvalue weighted by Crippen LogP contribution is -2.36. The average molecular weight is 400 g/mol. The van der Waals surface area contributed by atoms with E-state index in [9.17, 15) is 14.9 Å². The number of carbonyl (C=O) groups is 1. The summed E-state index contributed by atoms with van der Waals surface area (Å²) in [6.45, 7) is 4.32. The highest BCUT2D eigenvalue weighted by Gasteiger charge is 2.19. The first-order valence-corrected chi connectivity index (χ1v) is 10.7. The summed E-state index contributed by atoms with van der Waals surface area (Å²) in [4.78, 5) is 26.2. The van der Waals surface area contributed by atoms with Gasteiger partial charge >= 0.3 is 0 Å². The third kappa shape index (κ3) is 4.91. The number of nitrogens with zero attached hydrogens (tertiary/aromatic N) is 2. The molecule has 2 aromatic rings. The number of carbonyl (C=O) groups excluding carboxylic acids is 1. The van der Waals surface area contributed by atoms with Crippen molar-refractivity contribution in [1.29, 1.82) is 0 Å². The lowest BCUT2D eigenvalue weighted by Gasteiger charge is -2.33. The molecule has 0 aliphatic carbocycles. The Morgan fingerprint density at radius 3 is 2.64 bits per heavy atom. The Morgan fingerprint density at radius 2 is 2.00 bits per heavy atom. The van der Waals surface area contributed by atoms with E-state index >= 15 is 0 Å². The van der Waals surface area contributed by atoms with Crippen molar-refractivity contribution in [2.45, 2.75) is 43.7 Å². The largest absolute Gasteiger partial charge is 0.322 e. The van der Waals surface area contributed by atoms with Crippen LogP contribution in [0.5, 0.6) is 0 Å². The van der Waals surface area contributed by atoms with Gasteiger partial charge in [-0.05, 0) is 62.4 Å². The first-order valence-electron chi connectivity index (χ1n) is 9.44. The van der Waals surface area contributed by atoms with E-state index in [-0.39, 0.29) is 17.2 Å². The molecule has 1 heterocycles. The summed E-state index contributed by atoms with van der Waals surface area (Å²) >= 11 is 1.29. The Hall–Kier alpha value is -2.38. The molecule has 1 unspecified atom stereocenters. The molecule has 1 N–H and O–H groups in total. The van der Waals surface area contributed by atoms with E-state index in [0.717, 1.165) is 13.1 Å². The summed E-state index contributed by atoms with van der Waals surface area (Å²) in [6, 6.07) is 13.0. The van der Waals surface area contributed by atoms with Gasteiger partial charge in [-0.25, -0.2) is 0 Å². The van der Waals surface area contributed by atoms with Crippen LogP contribution < -0.4 is 5.32 Å². The Balaban J connectivity index is 1.66. The second-order valence-electron chi connectivity index (χ2n) is 7.11. The van der Waals surface area contributed by atoms with Gasteiger partial charge in [0.2, 0.25) is 0 Å². The van der Waals surface area contributed by atoms with Crippen LogP contribution in [0.2, 0.25) is 0 Å². The van der Waals surface area contributed by atoms with Crippen LogP contribution in [0.15, 0.2) is 47.4 Å². The van der Waals surface area contributed by atoms with E-state index < -0.39 is 4.92 Å². The molecule has 6 nitrogen and oxygen atoms in total. The fourth-order valence-electron chi connectivity index (χ4n) is 3.50. The molecule has 2 aromatic carbocycles. The molecule has 1 atom stereocenters. The van der Waals surface area contributed by atoms with Crippen LogP contribution >= 0.6 is 11.8 Å². The van der Waals surface area contributed by atoms with Gasteiger partial charge in [0.25, 0.3) is 11.6 Å². The zero-order valence-corrected chi connectivity index (χ0v) is 17.0. The third-order valence-corrected chi connectivity index (χ3v) is 5.96. The topological polar surface area (TPSA) is 75.5 Å². The number of piperidine rings is 1. The highest BCUT2D eigenvalue weighted by molar-refractivity contribution is 7.98. The number of nitro benzene ring substituents is 1. The van der Waals surface area contributed by atoms with Gasteiger partial charge in [-0.15, -0.1) is 11.8 Å². The first kappa shape index (κ1) is 20.4. The van der Waals surface area contributed by atoms with E-state index in [4.69, 9.17) is 0 Å². The number of benzene rings is 2. The van der Waals surface area contributed by atoms with E-state index in [1.165, 1.54) is 42.7 Å². The number of thioether (sulfide) groups is 1. The van der Waals surface area contributed by atoms with Crippen LogP contribution in [-0.4, -0.2) is 34.6 Å². The first-order chi connectivity index (χ1) is 13.5. The molecule has 0 aromatic heterocycles. The van der Waals surface area contributed by atoms with Gasteiger partial charge in [0.05, 0.1) is 9.82 Å². The van der Waals surface area contributed by atoms with Crippen LogP contribution in [0.4, 0.5) is 11.4 Å². The molecule has 148 valence electrons. The minimum atomic E-state index is -0.459. The van der Waals surface area contributed by atoms with Crippen molar-refractivity contribution in [3.05, 3.63) is 63.7 Å². The predicted octanol–water partition coefficient (Wildman–Crippen LogP) is 4.94. The van der Waals surface area contributed by atoms with Gasteiger partial charge in [0, 0.05) is 29.9 Å². The summed E-state index contributed by atoms with van der Waals surface area (Å²) < 4.78 is 0. The molecule has 1 saturated heterocycles. The smallest absolute Gasteiger partial charge is 0.283 e. The summed E-state index contributed by atoms with van der Waals surface area (Å²) in [5.41, 5.74) is 2.12. The van der Waals surface area contributed by atoms with Crippen molar-refractivity contribution in [3.63, 3.8) is 0 Å². The number of amides is 1. The van der Waals surface area contributed by atoms with Gasteiger partial charge in [-0.3, -0.25) is 19.8 Å². The summed E-state index contributed by atoms with van der Waals surface area (Å²) in [6.07, 6.45) is 5.57. The van der Waals surface area contributed by atoms with Crippen LogP contribution in [0.1, 0.15) is 42.1 Å². The molecule has 1 aliphatic rings. The van der Waals surface area contributed by atoms with Crippen molar-refractivity contribution in [2.75, 3.05) is 18.1 Å². The number of rotatable bonds is 6. The van der Waals surface area contributed by atoms with Gasteiger partial charge in [-0.1, -0.05) is 18.6 Å². The second-order valence-corrected chi connectivity index (χ2v) is 7.96. The Labute approximate surface area is 169 Å². The second kappa shape index (κ2) is 9.21. The minimum Gasteiger partial charge on any atom is -0.322 e. The summed E-state index contributed by atoms with van der Waals surface area (Å²) in [7, 11) is 0. The lowest BCUT2D eigenvalue weighted by atomic mass is 10.0. The van der Waals surface area contributed by atoms with Crippen LogP contribution in [-0.2, 0) is 6.54 Å². The number of nitrogens with one attached hydrogen (secondary N) is 1. The fourth-order valence-corrected chi connectivity index (χ4v) is 4.04. The quantitative estimate of drug-likeness (QED) is 0.423. The van der Waals surface area contributed by atoms with E-state index in [1.807, 2.05) is 24.3 Å². The Kier molecular flexibility index (Phi) is 6.70. The summed E-state index contributed by atoms with van der Waals surface area (Å²) in [5.74, 6) is -0.354.